The first-order valence-corrected chi connectivity index (χ1v) is 9.94. The molecule has 0 unspecified atom stereocenters. The van der Waals surface area contributed by atoms with E-state index in [9.17, 15) is 9.59 Å². The van der Waals surface area contributed by atoms with E-state index in [1.807, 2.05) is 53.1 Å². The Morgan fingerprint density at radius 1 is 0.821 bits per heavy atom. The molecule has 1 fully saturated rings. The van der Waals surface area contributed by atoms with Crippen molar-refractivity contribution in [1.82, 2.24) is 9.80 Å². The maximum atomic E-state index is 12.6. The lowest BCUT2D eigenvalue weighted by atomic mass is 10.1. The summed E-state index contributed by atoms with van der Waals surface area (Å²) < 4.78 is 5.43. The quantitative estimate of drug-likeness (QED) is 0.748. The van der Waals surface area contributed by atoms with Crippen LogP contribution in [-0.4, -0.2) is 54.4 Å². The van der Waals surface area contributed by atoms with Crippen molar-refractivity contribution in [1.29, 1.82) is 0 Å². The van der Waals surface area contributed by atoms with Crippen molar-refractivity contribution in [2.45, 2.75) is 19.8 Å². The molecule has 5 nitrogen and oxygen atoms in total. The molecule has 0 aromatic heterocycles. The summed E-state index contributed by atoms with van der Waals surface area (Å²) in [7, 11) is 0. The van der Waals surface area contributed by atoms with Gasteiger partial charge in [0.25, 0.3) is 0 Å². The second-order valence-corrected chi connectivity index (χ2v) is 7.25. The molecule has 1 aliphatic rings. The number of carbonyl (C=O) groups is 2. The van der Waals surface area contributed by atoms with Gasteiger partial charge in [0.2, 0.25) is 11.8 Å². The van der Waals surface area contributed by atoms with E-state index in [1.165, 1.54) is 0 Å². The van der Waals surface area contributed by atoms with Crippen LogP contribution in [0.1, 0.15) is 18.1 Å². The Morgan fingerprint density at radius 3 is 1.68 bits per heavy atom. The largest absolute Gasteiger partial charge is 0.494 e. The van der Waals surface area contributed by atoms with E-state index in [2.05, 4.69) is 0 Å². The van der Waals surface area contributed by atoms with Gasteiger partial charge in [-0.25, -0.2) is 0 Å². The normalized spacial score (nSPS) is 14.1. The highest BCUT2D eigenvalue weighted by Crippen LogP contribution is 2.15. The predicted molar refractivity (Wildman–Crippen MR) is 110 cm³/mol. The molecular formula is C22H25ClN2O3. The smallest absolute Gasteiger partial charge is 0.227 e. The molecule has 0 aliphatic carbocycles. The van der Waals surface area contributed by atoms with Crippen LogP contribution < -0.4 is 4.74 Å². The summed E-state index contributed by atoms with van der Waals surface area (Å²) in [5.74, 6) is 0.987. The number of nitrogens with zero attached hydrogens (tertiary/aromatic N) is 2. The third-order valence-electron chi connectivity index (χ3n) is 4.84. The summed E-state index contributed by atoms with van der Waals surface area (Å²) in [6.45, 7) is 4.85. The van der Waals surface area contributed by atoms with Gasteiger partial charge >= 0.3 is 0 Å². The predicted octanol–water partition coefficient (Wildman–Crippen LogP) is 3.19. The summed E-state index contributed by atoms with van der Waals surface area (Å²) in [5.41, 5.74) is 1.91. The summed E-state index contributed by atoms with van der Waals surface area (Å²) >= 11 is 5.88. The molecular weight excluding hydrogens is 376 g/mol. The van der Waals surface area contributed by atoms with Gasteiger partial charge in [-0.15, -0.1) is 0 Å². The molecule has 0 atom stereocenters. The van der Waals surface area contributed by atoms with E-state index in [0.29, 0.717) is 50.7 Å². The number of hydrogen-bond donors (Lipinski definition) is 0. The Bertz CT molecular complexity index is 798. The molecule has 6 heteroatoms. The number of carbonyl (C=O) groups excluding carboxylic acids is 2. The van der Waals surface area contributed by atoms with Crippen LogP contribution in [0.15, 0.2) is 48.5 Å². The van der Waals surface area contributed by atoms with Gasteiger partial charge in [0.15, 0.2) is 0 Å². The Balaban J connectivity index is 1.46. The van der Waals surface area contributed by atoms with Crippen LogP contribution in [-0.2, 0) is 22.4 Å². The zero-order chi connectivity index (χ0) is 19.9. The van der Waals surface area contributed by atoms with E-state index < -0.39 is 0 Å². The maximum Gasteiger partial charge on any atom is 0.227 e. The van der Waals surface area contributed by atoms with E-state index in [-0.39, 0.29) is 11.8 Å². The maximum absolute atomic E-state index is 12.6. The van der Waals surface area contributed by atoms with Crippen molar-refractivity contribution in [3.8, 4) is 5.75 Å². The summed E-state index contributed by atoms with van der Waals surface area (Å²) in [6.07, 6.45) is 0.725. The van der Waals surface area contributed by atoms with Gasteiger partial charge in [-0.05, 0) is 42.3 Å². The van der Waals surface area contributed by atoms with Crippen molar-refractivity contribution in [3.05, 3.63) is 64.7 Å². The first-order valence-electron chi connectivity index (χ1n) is 9.57. The van der Waals surface area contributed by atoms with Gasteiger partial charge in [0.05, 0.1) is 19.4 Å². The van der Waals surface area contributed by atoms with Crippen LogP contribution in [0.2, 0.25) is 5.02 Å². The van der Waals surface area contributed by atoms with Crippen LogP contribution in [0.4, 0.5) is 0 Å². The lowest BCUT2D eigenvalue weighted by Crippen LogP contribution is -2.51. The molecule has 2 aromatic carbocycles. The molecule has 2 amide bonds. The monoisotopic (exact) mass is 400 g/mol. The third kappa shape index (κ3) is 5.49. The van der Waals surface area contributed by atoms with Crippen molar-refractivity contribution < 1.29 is 14.3 Å². The third-order valence-corrected chi connectivity index (χ3v) is 5.10. The highest BCUT2D eigenvalue weighted by atomic mass is 35.5. The zero-order valence-electron chi connectivity index (χ0n) is 16.1. The fourth-order valence-corrected chi connectivity index (χ4v) is 3.38. The van der Waals surface area contributed by atoms with Crippen LogP contribution in [0, 0.1) is 0 Å². The molecule has 1 aliphatic heterocycles. The summed E-state index contributed by atoms with van der Waals surface area (Å²) in [6, 6.07) is 15.0. The van der Waals surface area contributed by atoms with Crippen LogP contribution in [0.5, 0.6) is 5.75 Å². The molecule has 2 aromatic rings. The fraction of sp³-hybridized carbons (Fsp3) is 0.364. The minimum absolute atomic E-state index is 0.0842. The first-order chi connectivity index (χ1) is 13.5. The molecule has 1 saturated heterocycles. The van der Waals surface area contributed by atoms with Crippen molar-refractivity contribution in [2.24, 2.45) is 0 Å². The van der Waals surface area contributed by atoms with Crippen molar-refractivity contribution >= 4 is 23.4 Å². The average molecular weight is 401 g/mol. The lowest BCUT2D eigenvalue weighted by Gasteiger charge is -2.35. The SMILES string of the molecule is CCOc1ccc(CC(=O)N2CCN(C(=O)Cc3ccc(Cl)cc3)CC2)cc1. The topological polar surface area (TPSA) is 49.9 Å². The minimum Gasteiger partial charge on any atom is -0.494 e. The number of piperazine rings is 1. The lowest BCUT2D eigenvalue weighted by molar-refractivity contribution is -0.138. The average Bonchev–Trinajstić information content (AvgIpc) is 2.71. The van der Waals surface area contributed by atoms with E-state index in [0.717, 1.165) is 16.9 Å². The molecule has 0 bridgehead atoms. The Labute approximate surface area is 170 Å². The van der Waals surface area contributed by atoms with E-state index in [4.69, 9.17) is 16.3 Å². The molecule has 0 spiro atoms. The fourth-order valence-electron chi connectivity index (χ4n) is 3.25. The van der Waals surface area contributed by atoms with Crippen LogP contribution in [0.3, 0.4) is 0 Å². The molecule has 3 rings (SSSR count). The van der Waals surface area contributed by atoms with Crippen molar-refractivity contribution in [2.75, 3.05) is 32.8 Å². The van der Waals surface area contributed by atoms with E-state index in [1.54, 1.807) is 12.1 Å². The Morgan fingerprint density at radius 2 is 1.25 bits per heavy atom. The van der Waals surface area contributed by atoms with Crippen molar-refractivity contribution in [3.63, 3.8) is 0 Å². The number of halogens is 1. The van der Waals surface area contributed by atoms with Gasteiger partial charge in [-0.3, -0.25) is 9.59 Å². The summed E-state index contributed by atoms with van der Waals surface area (Å²) in [5, 5.41) is 0.663. The molecule has 148 valence electrons. The molecule has 28 heavy (non-hydrogen) atoms. The second-order valence-electron chi connectivity index (χ2n) is 6.82. The number of ether oxygens (including phenoxy) is 1. The zero-order valence-corrected chi connectivity index (χ0v) is 16.8. The number of hydrogen-bond acceptors (Lipinski definition) is 3. The molecule has 0 saturated carbocycles. The number of benzene rings is 2. The number of amides is 2. The Kier molecular flexibility index (Phi) is 6.93. The van der Waals surface area contributed by atoms with E-state index >= 15 is 0 Å². The van der Waals surface area contributed by atoms with Gasteiger partial charge in [0.1, 0.15) is 5.75 Å². The standard InChI is InChI=1S/C22H25ClN2O3/c1-2-28-20-9-5-18(6-10-20)16-22(27)25-13-11-24(12-14-25)21(26)15-17-3-7-19(23)8-4-17/h3-10H,2,11-16H2,1H3. The Hall–Kier alpha value is -2.53. The van der Waals surface area contributed by atoms with Crippen LogP contribution >= 0.6 is 11.6 Å². The van der Waals surface area contributed by atoms with Gasteiger partial charge < -0.3 is 14.5 Å². The summed E-state index contributed by atoms with van der Waals surface area (Å²) in [4.78, 5) is 28.7. The van der Waals surface area contributed by atoms with Gasteiger partial charge in [0, 0.05) is 31.2 Å². The second kappa shape index (κ2) is 9.60. The highest BCUT2D eigenvalue weighted by molar-refractivity contribution is 6.30. The molecule has 1 heterocycles. The number of rotatable bonds is 6. The molecule has 0 radical (unpaired) electrons. The van der Waals surface area contributed by atoms with Gasteiger partial charge in [-0.2, -0.15) is 0 Å². The molecule has 0 N–H and O–H groups in total. The van der Waals surface area contributed by atoms with Crippen LogP contribution in [0.25, 0.3) is 0 Å². The minimum atomic E-state index is 0.0842. The first kappa shape index (κ1) is 20.2. The van der Waals surface area contributed by atoms with Gasteiger partial charge in [-0.1, -0.05) is 35.9 Å². The highest BCUT2D eigenvalue weighted by Gasteiger charge is 2.24.